The average molecular weight is 903 g/mol. The van der Waals surface area contributed by atoms with Crippen molar-refractivity contribution in [1.29, 1.82) is 0 Å². The fourth-order valence-electron chi connectivity index (χ4n) is 5.80. The van der Waals surface area contributed by atoms with E-state index in [0.717, 1.165) is 11.1 Å². The fraction of sp³-hybridized carbons (Fsp3) is 0.447. The number of carbonyl (C=O) groups is 8. The predicted octanol–water partition coefficient (Wildman–Crippen LogP) is 4.24. The maximum Gasteiger partial charge on any atom is 0.408 e. The quantitative estimate of drug-likeness (QED) is 0.0420. The van der Waals surface area contributed by atoms with Gasteiger partial charge in [0.1, 0.15) is 55.6 Å². The molecule has 352 valence electrons. The molecule has 6 amide bonds. The van der Waals surface area contributed by atoms with Crippen molar-refractivity contribution < 1.29 is 57.3 Å². The summed E-state index contributed by atoms with van der Waals surface area (Å²) in [6.07, 6.45) is -1.32. The summed E-state index contributed by atoms with van der Waals surface area (Å²) in [6, 6.07) is 21.1. The first-order chi connectivity index (χ1) is 30.9. The lowest BCUT2D eigenvalue weighted by Gasteiger charge is -2.24. The van der Waals surface area contributed by atoms with Crippen molar-refractivity contribution in [2.75, 3.05) is 6.54 Å². The van der Waals surface area contributed by atoms with Crippen molar-refractivity contribution >= 4 is 47.8 Å². The van der Waals surface area contributed by atoms with E-state index in [9.17, 15) is 38.4 Å². The Kier molecular flexibility index (Phi) is 22.0. The van der Waals surface area contributed by atoms with Crippen LogP contribution in [0.1, 0.15) is 90.3 Å². The van der Waals surface area contributed by atoms with Crippen LogP contribution in [0.3, 0.4) is 0 Å². The van der Waals surface area contributed by atoms with Gasteiger partial charge in [0.05, 0.1) is 0 Å². The van der Waals surface area contributed by atoms with E-state index < -0.39 is 83.6 Å². The topological polar surface area (TPSA) is 246 Å². The van der Waals surface area contributed by atoms with Crippen molar-refractivity contribution in [3.63, 3.8) is 0 Å². The lowest BCUT2D eigenvalue weighted by atomic mass is 10.1. The summed E-state index contributed by atoms with van der Waals surface area (Å²) in [7, 11) is 0. The van der Waals surface area contributed by atoms with Crippen molar-refractivity contribution in [2.45, 2.75) is 129 Å². The minimum Gasteiger partial charge on any atom is -0.459 e. The highest BCUT2D eigenvalue weighted by atomic mass is 16.6. The molecule has 0 radical (unpaired) electrons. The highest BCUT2D eigenvalue weighted by Gasteiger charge is 2.30. The van der Waals surface area contributed by atoms with Crippen LogP contribution in [-0.2, 0) is 67.5 Å². The zero-order valence-electron chi connectivity index (χ0n) is 37.8. The number of carbonyl (C=O) groups excluding carboxylic acids is 8. The van der Waals surface area contributed by atoms with Crippen LogP contribution < -0.4 is 31.9 Å². The summed E-state index contributed by atoms with van der Waals surface area (Å²) in [4.78, 5) is 104. The highest BCUT2D eigenvalue weighted by Crippen LogP contribution is 2.10. The number of esters is 2. The molecule has 3 aromatic rings. The number of unbranched alkanes of at least 4 members (excludes halogenated alkanes) is 1. The average Bonchev–Trinajstić information content (AvgIpc) is 3.27. The van der Waals surface area contributed by atoms with E-state index in [2.05, 4.69) is 31.9 Å². The molecule has 0 bridgehead atoms. The summed E-state index contributed by atoms with van der Waals surface area (Å²) >= 11 is 0. The Hall–Kier alpha value is -6.98. The van der Waals surface area contributed by atoms with Gasteiger partial charge >= 0.3 is 24.1 Å². The number of alkyl carbamates (subject to hydrolysis) is 2. The third-order valence-electron chi connectivity index (χ3n) is 9.35. The Morgan fingerprint density at radius 1 is 0.492 bits per heavy atom. The molecule has 0 saturated carbocycles. The summed E-state index contributed by atoms with van der Waals surface area (Å²) in [5.41, 5.74) is 1.42. The van der Waals surface area contributed by atoms with Crippen LogP contribution >= 0.6 is 0 Å². The van der Waals surface area contributed by atoms with Crippen LogP contribution in [-0.4, -0.2) is 90.1 Å². The molecule has 0 aromatic heterocycles. The smallest absolute Gasteiger partial charge is 0.408 e. The number of rotatable bonds is 24. The van der Waals surface area contributed by atoms with Gasteiger partial charge in [0.15, 0.2) is 0 Å². The van der Waals surface area contributed by atoms with E-state index in [4.69, 9.17) is 18.9 Å². The van der Waals surface area contributed by atoms with E-state index in [1.54, 1.807) is 75.4 Å². The Morgan fingerprint density at radius 2 is 0.969 bits per heavy atom. The van der Waals surface area contributed by atoms with Crippen molar-refractivity contribution in [1.82, 2.24) is 31.9 Å². The standard InChI is InChI=1S/C47H62N6O12/c1-31(40(55)50-33(3)43(58)62-28-34-18-10-7-11-19-34)49-42(57)37(24-16-17-27-48-45(60)64-30-36-22-14-9-15-23-36)52-39(54)26-25-38(44(59)63-29-35-20-12-8-13-21-35)53-41(56)32(2)51-46(61)65-47(4,5)6/h7-15,18-23,31-33,37-38H,16-17,24-30H2,1-6H3,(H,48,60)(H,49,57)(H,50,55)(H,51,61)(H,52,54)(H,53,56)/t31-,32+,33-,37-,38-/m1/s1. The third kappa shape index (κ3) is 21.3. The van der Waals surface area contributed by atoms with E-state index in [1.165, 1.54) is 20.8 Å². The van der Waals surface area contributed by atoms with Gasteiger partial charge in [-0.2, -0.15) is 0 Å². The summed E-state index contributed by atoms with van der Waals surface area (Å²) < 4.78 is 21.2. The lowest BCUT2D eigenvalue weighted by Crippen LogP contribution is -2.54. The molecule has 6 N–H and O–H groups in total. The van der Waals surface area contributed by atoms with Crippen LogP contribution in [0.25, 0.3) is 0 Å². The van der Waals surface area contributed by atoms with Gasteiger partial charge in [-0.1, -0.05) is 91.0 Å². The zero-order chi connectivity index (χ0) is 47.8. The first-order valence-electron chi connectivity index (χ1n) is 21.5. The van der Waals surface area contributed by atoms with Crippen molar-refractivity contribution in [3.05, 3.63) is 108 Å². The van der Waals surface area contributed by atoms with Crippen LogP contribution in [0.2, 0.25) is 0 Å². The van der Waals surface area contributed by atoms with Crippen molar-refractivity contribution in [2.24, 2.45) is 0 Å². The molecule has 65 heavy (non-hydrogen) atoms. The number of nitrogens with one attached hydrogen (secondary N) is 6. The molecule has 0 fully saturated rings. The molecule has 0 unspecified atom stereocenters. The SMILES string of the molecule is C[C@H](NC(=O)OC(C)(C)C)C(=O)N[C@H](CCC(=O)N[C@H](CCCCNC(=O)OCc1ccccc1)C(=O)N[C@H](C)C(=O)N[C@H](C)C(=O)OCc1ccccc1)C(=O)OCc1ccccc1. The summed E-state index contributed by atoms with van der Waals surface area (Å²) in [5.74, 6) is -4.36. The molecule has 5 atom stereocenters. The Morgan fingerprint density at radius 3 is 1.51 bits per heavy atom. The van der Waals surface area contributed by atoms with Gasteiger partial charge in [-0.05, 0) is 83.9 Å². The van der Waals surface area contributed by atoms with Crippen LogP contribution in [0.5, 0.6) is 0 Å². The van der Waals surface area contributed by atoms with Gasteiger partial charge in [0.2, 0.25) is 23.6 Å². The van der Waals surface area contributed by atoms with Crippen LogP contribution in [0.4, 0.5) is 9.59 Å². The number of benzene rings is 3. The summed E-state index contributed by atoms with van der Waals surface area (Å²) in [6.45, 7) is 9.38. The van der Waals surface area contributed by atoms with Crippen LogP contribution in [0.15, 0.2) is 91.0 Å². The minimum absolute atomic E-state index is 0.00433. The molecule has 3 rings (SSSR count). The maximum absolute atomic E-state index is 13.7. The van der Waals surface area contributed by atoms with Gasteiger partial charge in [-0.3, -0.25) is 19.2 Å². The molecule has 18 heteroatoms. The van der Waals surface area contributed by atoms with Crippen LogP contribution in [0, 0.1) is 0 Å². The Balaban J connectivity index is 1.65. The van der Waals surface area contributed by atoms with Gasteiger partial charge in [-0.15, -0.1) is 0 Å². The lowest BCUT2D eigenvalue weighted by molar-refractivity contribution is -0.150. The molecule has 18 nitrogen and oxygen atoms in total. The molecule has 0 spiro atoms. The van der Waals surface area contributed by atoms with Gasteiger partial charge in [-0.25, -0.2) is 19.2 Å². The van der Waals surface area contributed by atoms with E-state index in [-0.39, 0.29) is 45.6 Å². The molecular formula is C47H62N6O12. The molecule has 0 saturated heterocycles. The number of hydrogen-bond donors (Lipinski definition) is 6. The number of amides is 6. The molecular weight excluding hydrogens is 841 g/mol. The predicted molar refractivity (Wildman–Crippen MR) is 238 cm³/mol. The molecule has 0 aliphatic rings. The zero-order valence-corrected chi connectivity index (χ0v) is 37.8. The van der Waals surface area contributed by atoms with Gasteiger partial charge in [0, 0.05) is 13.0 Å². The molecule has 0 heterocycles. The summed E-state index contributed by atoms with van der Waals surface area (Å²) in [5, 5.41) is 15.4. The normalized spacial score (nSPS) is 13.2. The van der Waals surface area contributed by atoms with Crippen molar-refractivity contribution in [3.8, 4) is 0 Å². The largest absolute Gasteiger partial charge is 0.459 e. The second-order valence-corrected chi connectivity index (χ2v) is 16.2. The fourth-order valence-corrected chi connectivity index (χ4v) is 5.80. The monoisotopic (exact) mass is 902 g/mol. The molecule has 3 aromatic carbocycles. The number of ether oxygens (including phenoxy) is 4. The first-order valence-corrected chi connectivity index (χ1v) is 21.5. The van der Waals surface area contributed by atoms with Gasteiger partial charge < -0.3 is 50.8 Å². The second kappa shape index (κ2) is 27.3. The first kappa shape index (κ1) is 52.4. The molecule has 0 aliphatic heterocycles. The molecule has 0 aliphatic carbocycles. The van der Waals surface area contributed by atoms with E-state index >= 15 is 0 Å². The van der Waals surface area contributed by atoms with E-state index in [1.807, 2.05) is 36.4 Å². The Labute approximate surface area is 379 Å². The van der Waals surface area contributed by atoms with Gasteiger partial charge in [0.25, 0.3) is 0 Å². The highest BCUT2D eigenvalue weighted by molar-refractivity contribution is 5.93. The second-order valence-electron chi connectivity index (χ2n) is 16.2. The Bertz CT molecular complexity index is 2010. The third-order valence-corrected chi connectivity index (χ3v) is 9.35. The maximum atomic E-state index is 13.7. The van der Waals surface area contributed by atoms with E-state index in [0.29, 0.717) is 18.4 Å². The number of hydrogen-bond acceptors (Lipinski definition) is 12. The minimum atomic E-state index is -1.34.